The fourth-order valence-corrected chi connectivity index (χ4v) is 4.37. The van der Waals surface area contributed by atoms with Gasteiger partial charge in [-0.25, -0.2) is 9.97 Å². The first kappa shape index (κ1) is 22.7. The van der Waals surface area contributed by atoms with Crippen LogP contribution in [0.5, 0.6) is 11.5 Å². The summed E-state index contributed by atoms with van der Waals surface area (Å²) in [6.45, 7) is 2.79. The molecule has 0 spiro atoms. The summed E-state index contributed by atoms with van der Waals surface area (Å²) < 4.78 is 10.8. The Morgan fingerprint density at radius 2 is 1.94 bits per heavy atom. The van der Waals surface area contributed by atoms with Crippen molar-refractivity contribution in [3.05, 3.63) is 66.0 Å². The van der Waals surface area contributed by atoms with Gasteiger partial charge in [0.25, 0.3) is 5.91 Å². The lowest BCUT2D eigenvalue weighted by Crippen LogP contribution is -2.39. The zero-order valence-electron chi connectivity index (χ0n) is 19.5. The number of hydrogen-bond acceptors (Lipinski definition) is 6. The van der Waals surface area contributed by atoms with Crippen LogP contribution in [0.25, 0.3) is 11.1 Å². The van der Waals surface area contributed by atoms with Crippen molar-refractivity contribution in [1.29, 1.82) is 0 Å². The molecule has 4 rings (SSSR count). The summed E-state index contributed by atoms with van der Waals surface area (Å²) in [6.07, 6.45) is 10.0. The zero-order chi connectivity index (χ0) is 23.2. The first-order valence-electron chi connectivity index (χ1n) is 11.5. The molecule has 7 nitrogen and oxygen atoms in total. The number of aromatic nitrogens is 3. The lowest BCUT2D eigenvalue weighted by molar-refractivity contribution is 0.0603. The van der Waals surface area contributed by atoms with Crippen molar-refractivity contribution >= 4 is 5.91 Å². The van der Waals surface area contributed by atoms with E-state index < -0.39 is 0 Å². The minimum atomic E-state index is -0.139. The summed E-state index contributed by atoms with van der Waals surface area (Å²) in [5.41, 5.74) is 3.38. The highest BCUT2D eigenvalue weighted by Gasteiger charge is 2.33. The maximum absolute atomic E-state index is 13.8. The van der Waals surface area contributed by atoms with Crippen LogP contribution in [-0.2, 0) is 6.42 Å². The smallest absolute Gasteiger partial charge is 0.258 e. The Bertz CT molecular complexity index is 1100. The largest absolute Gasteiger partial charge is 0.497 e. The highest BCUT2D eigenvalue weighted by molar-refractivity contribution is 5.97. The number of pyridine rings is 1. The van der Waals surface area contributed by atoms with Crippen LogP contribution in [0.4, 0.5) is 0 Å². The Kier molecular flexibility index (Phi) is 7.17. The van der Waals surface area contributed by atoms with Crippen LogP contribution in [0.3, 0.4) is 0 Å². The molecule has 33 heavy (non-hydrogen) atoms. The summed E-state index contributed by atoms with van der Waals surface area (Å²) >= 11 is 0. The van der Waals surface area contributed by atoms with Gasteiger partial charge in [-0.2, -0.15) is 0 Å². The monoisotopic (exact) mass is 446 g/mol. The Morgan fingerprint density at radius 1 is 1.12 bits per heavy atom. The van der Waals surface area contributed by atoms with Gasteiger partial charge in [0, 0.05) is 43.2 Å². The Hall–Kier alpha value is -3.48. The maximum atomic E-state index is 13.8. The number of amides is 1. The average Bonchev–Trinajstić information content (AvgIpc) is 2.88. The van der Waals surface area contributed by atoms with Gasteiger partial charge in [-0.3, -0.25) is 9.78 Å². The van der Waals surface area contributed by atoms with Crippen LogP contribution in [0.1, 0.15) is 60.5 Å². The van der Waals surface area contributed by atoms with Crippen molar-refractivity contribution in [1.82, 2.24) is 19.9 Å². The number of piperidine rings is 1. The number of carbonyl (C=O) groups is 1. The molecule has 7 heteroatoms. The number of ether oxygens (including phenoxy) is 2. The third-order valence-corrected chi connectivity index (χ3v) is 6.05. The molecule has 3 aromatic rings. The van der Waals surface area contributed by atoms with E-state index in [4.69, 9.17) is 14.5 Å². The van der Waals surface area contributed by atoms with E-state index >= 15 is 0 Å². The highest BCUT2D eigenvalue weighted by atomic mass is 16.5. The van der Waals surface area contributed by atoms with E-state index in [-0.39, 0.29) is 11.9 Å². The molecule has 1 fully saturated rings. The second-order valence-electron chi connectivity index (χ2n) is 8.15. The standard InChI is InChI=1S/C26H30N4O3/c1-4-7-24-28-17-21(18-11-13-27-14-12-18)25(29-24)22-8-5-6-15-30(22)26(31)20-10-9-19(32-2)16-23(20)33-3/h9-14,16-17,22H,4-8,15H2,1-3H3/t22-/m0/s1. The van der Waals surface area contributed by atoms with Crippen LogP contribution in [-0.4, -0.2) is 46.5 Å². The molecule has 1 aromatic carbocycles. The molecule has 0 N–H and O–H groups in total. The van der Waals surface area contributed by atoms with Gasteiger partial charge < -0.3 is 14.4 Å². The van der Waals surface area contributed by atoms with Gasteiger partial charge in [0.2, 0.25) is 0 Å². The van der Waals surface area contributed by atoms with Crippen LogP contribution in [0.15, 0.2) is 48.9 Å². The summed E-state index contributed by atoms with van der Waals surface area (Å²) in [7, 11) is 3.17. The topological polar surface area (TPSA) is 77.4 Å². The van der Waals surface area contributed by atoms with Gasteiger partial charge >= 0.3 is 0 Å². The summed E-state index contributed by atoms with van der Waals surface area (Å²) in [5, 5.41) is 0. The van der Waals surface area contributed by atoms with Crippen molar-refractivity contribution in [2.24, 2.45) is 0 Å². The second-order valence-corrected chi connectivity index (χ2v) is 8.15. The van der Waals surface area contributed by atoms with E-state index in [0.717, 1.165) is 54.7 Å². The molecule has 1 aliphatic heterocycles. The van der Waals surface area contributed by atoms with Gasteiger partial charge in [-0.15, -0.1) is 0 Å². The number of nitrogens with zero attached hydrogens (tertiary/aromatic N) is 4. The van der Waals surface area contributed by atoms with Gasteiger partial charge in [0.1, 0.15) is 17.3 Å². The van der Waals surface area contributed by atoms with Crippen molar-refractivity contribution in [2.45, 2.75) is 45.1 Å². The van der Waals surface area contributed by atoms with E-state index in [1.807, 2.05) is 23.2 Å². The molecule has 0 aliphatic carbocycles. The summed E-state index contributed by atoms with van der Waals surface area (Å²) in [5.74, 6) is 1.91. The number of hydrogen-bond donors (Lipinski definition) is 0. The van der Waals surface area contributed by atoms with E-state index in [2.05, 4.69) is 16.9 Å². The molecule has 1 amide bonds. The predicted molar refractivity (Wildman–Crippen MR) is 126 cm³/mol. The Balaban J connectivity index is 1.77. The summed E-state index contributed by atoms with van der Waals surface area (Å²) in [6, 6.07) is 9.10. The number of methoxy groups -OCH3 is 2. The normalized spacial score (nSPS) is 15.8. The fraction of sp³-hybridized carbons (Fsp3) is 0.385. The molecule has 1 atom stereocenters. The average molecular weight is 447 g/mol. The van der Waals surface area contributed by atoms with E-state index in [1.54, 1.807) is 44.8 Å². The SMILES string of the molecule is CCCc1ncc(-c2ccncc2)c([C@@H]2CCCCN2C(=O)c2ccc(OC)cc2OC)n1. The Morgan fingerprint density at radius 3 is 2.67 bits per heavy atom. The van der Waals surface area contributed by atoms with Gasteiger partial charge in [0.05, 0.1) is 31.5 Å². The zero-order valence-corrected chi connectivity index (χ0v) is 19.5. The van der Waals surface area contributed by atoms with Gasteiger partial charge in [-0.1, -0.05) is 6.92 Å². The predicted octanol–water partition coefficient (Wildman–Crippen LogP) is 4.88. The molecule has 3 heterocycles. The number of aryl methyl sites for hydroxylation is 1. The van der Waals surface area contributed by atoms with Crippen molar-refractivity contribution in [2.75, 3.05) is 20.8 Å². The number of benzene rings is 1. The molecule has 0 saturated carbocycles. The van der Waals surface area contributed by atoms with Crippen LogP contribution in [0, 0.1) is 0 Å². The van der Waals surface area contributed by atoms with Crippen molar-refractivity contribution in [3.8, 4) is 22.6 Å². The lowest BCUT2D eigenvalue weighted by Gasteiger charge is -2.36. The second kappa shape index (κ2) is 10.4. The minimum absolute atomic E-state index is 0.0597. The maximum Gasteiger partial charge on any atom is 0.258 e. The highest BCUT2D eigenvalue weighted by Crippen LogP contribution is 2.37. The van der Waals surface area contributed by atoms with Crippen molar-refractivity contribution < 1.29 is 14.3 Å². The molecule has 2 aromatic heterocycles. The first-order valence-corrected chi connectivity index (χ1v) is 11.5. The van der Waals surface area contributed by atoms with Crippen LogP contribution >= 0.6 is 0 Å². The number of rotatable bonds is 7. The van der Waals surface area contributed by atoms with E-state index in [1.165, 1.54) is 0 Å². The number of carbonyl (C=O) groups excluding carboxylic acids is 1. The fourth-order valence-electron chi connectivity index (χ4n) is 4.37. The first-order chi connectivity index (χ1) is 16.2. The summed E-state index contributed by atoms with van der Waals surface area (Å²) in [4.78, 5) is 29.4. The molecule has 0 bridgehead atoms. The molecule has 1 saturated heterocycles. The van der Waals surface area contributed by atoms with Gasteiger partial charge in [-0.05, 0) is 55.5 Å². The molecule has 172 valence electrons. The quantitative estimate of drug-likeness (QED) is 0.515. The Labute approximate surface area is 194 Å². The molecule has 0 radical (unpaired) electrons. The minimum Gasteiger partial charge on any atom is -0.497 e. The third kappa shape index (κ3) is 4.82. The molecular formula is C26H30N4O3. The van der Waals surface area contributed by atoms with Crippen LogP contribution in [0.2, 0.25) is 0 Å². The lowest BCUT2D eigenvalue weighted by atomic mass is 9.93. The molecular weight excluding hydrogens is 416 g/mol. The van der Waals surface area contributed by atoms with E-state index in [9.17, 15) is 4.79 Å². The third-order valence-electron chi connectivity index (χ3n) is 6.05. The van der Waals surface area contributed by atoms with E-state index in [0.29, 0.717) is 23.6 Å². The van der Waals surface area contributed by atoms with Crippen molar-refractivity contribution in [3.63, 3.8) is 0 Å². The molecule has 1 aliphatic rings. The molecule has 0 unspecified atom stereocenters. The van der Waals surface area contributed by atoms with Gasteiger partial charge in [0.15, 0.2) is 0 Å². The number of likely N-dealkylation sites (tertiary alicyclic amines) is 1. The van der Waals surface area contributed by atoms with Crippen LogP contribution < -0.4 is 9.47 Å².